The molecule has 0 aromatic heterocycles. The van der Waals surface area contributed by atoms with Crippen molar-refractivity contribution in [3.63, 3.8) is 0 Å². The summed E-state index contributed by atoms with van der Waals surface area (Å²) in [5.74, 6) is 0. The van der Waals surface area contributed by atoms with E-state index in [1.54, 1.807) is 6.08 Å². The molecular weight excluding hydrogens is 204 g/mol. The SMILES string of the molecule is C1CCOC1.C=CCBr.[MgH2]. The molecule has 0 aromatic rings. The number of ether oxygens (including phenoxy) is 1. The van der Waals surface area contributed by atoms with Gasteiger partial charge in [-0.05, 0) is 12.8 Å². The minimum absolute atomic E-state index is 0. The summed E-state index contributed by atoms with van der Waals surface area (Å²) in [5.41, 5.74) is 0. The third kappa shape index (κ3) is 11.7. The van der Waals surface area contributed by atoms with Gasteiger partial charge in [0.05, 0.1) is 0 Å². The Morgan fingerprint density at radius 3 is 1.90 bits per heavy atom. The molecule has 1 nitrogen and oxygen atoms in total. The third-order valence-corrected chi connectivity index (χ3v) is 1.39. The van der Waals surface area contributed by atoms with Crippen molar-refractivity contribution in [2.24, 2.45) is 0 Å². The fraction of sp³-hybridized carbons (Fsp3) is 0.714. The largest absolute Gasteiger partial charge is 0.381 e. The van der Waals surface area contributed by atoms with Crippen LogP contribution in [0.15, 0.2) is 12.7 Å². The van der Waals surface area contributed by atoms with Crippen molar-refractivity contribution in [3.05, 3.63) is 12.7 Å². The Balaban J connectivity index is 0. The van der Waals surface area contributed by atoms with Gasteiger partial charge in [-0.1, -0.05) is 22.0 Å². The second kappa shape index (κ2) is 12.6. The van der Waals surface area contributed by atoms with Gasteiger partial charge in [0.15, 0.2) is 0 Å². The van der Waals surface area contributed by atoms with Crippen LogP contribution in [0.3, 0.4) is 0 Å². The Kier molecular flexibility index (Phi) is 17.1. The van der Waals surface area contributed by atoms with Gasteiger partial charge < -0.3 is 4.74 Å². The second-order valence-corrected chi connectivity index (χ2v) is 2.41. The van der Waals surface area contributed by atoms with Gasteiger partial charge in [-0.25, -0.2) is 0 Å². The molecule has 0 radical (unpaired) electrons. The van der Waals surface area contributed by atoms with E-state index < -0.39 is 0 Å². The first kappa shape index (κ1) is 13.5. The second-order valence-electron chi connectivity index (χ2n) is 1.76. The van der Waals surface area contributed by atoms with Crippen LogP contribution in [0.4, 0.5) is 0 Å². The van der Waals surface area contributed by atoms with Gasteiger partial charge in [0, 0.05) is 18.5 Å². The summed E-state index contributed by atoms with van der Waals surface area (Å²) in [7, 11) is 0. The van der Waals surface area contributed by atoms with Crippen molar-refractivity contribution in [1.29, 1.82) is 0 Å². The van der Waals surface area contributed by atoms with Crippen LogP contribution in [0.2, 0.25) is 0 Å². The normalized spacial score (nSPS) is 14.5. The highest BCUT2D eigenvalue weighted by Gasteiger charge is 1.94. The highest BCUT2D eigenvalue weighted by atomic mass is 79.9. The molecule has 1 fully saturated rings. The van der Waals surface area contributed by atoms with Crippen molar-refractivity contribution < 1.29 is 4.74 Å². The van der Waals surface area contributed by atoms with E-state index in [1.807, 2.05) is 0 Å². The molecule has 1 aliphatic rings. The number of rotatable bonds is 1. The van der Waals surface area contributed by atoms with Crippen LogP contribution in [0, 0.1) is 0 Å². The first-order valence-electron chi connectivity index (χ1n) is 3.16. The van der Waals surface area contributed by atoms with Crippen molar-refractivity contribution >= 4 is 39.0 Å². The van der Waals surface area contributed by atoms with Gasteiger partial charge in [0.25, 0.3) is 0 Å². The maximum absolute atomic E-state index is 4.94. The third-order valence-electron chi connectivity index (χ3n) is 0.936. The molecule has 0 aliphatic carbocycles. The molecule has 0 spiro atoms. The van der Waals surface area contributed by atoms with Gasteiger partial charge in [0.1, 0.15) is 0 Å². The first-order valence-corrected chi connectivity index (χ1v) is 4.28. The molecule has 10 heavy (non-hydrogen) atoms. The fourth-order valence-corrected chi connectivity index (χ4v) is 0.510. The smallest absolute Gasteiger partial charge is 0.316 e. The minimum atomic E-state index is 0. The Bertz CT molecular complexity index is 57.0. The Hall–Kier alpha value is 0.946. The van der Waals surface area contributed by atoms with Gasteiger partial charge in [-0.3, -0.25) is 0 Å². The Morgan fingerprint density at radius 1 is 1.40 bits per heavy atom. The lowest BCUT2D eigenvalue weighted by Crippen LogP contribution is -1.74. The van der Waals surface area contributed by atoms with Gasteiger partial charge in [-0.2, -0.15) is 0 Å². The van der Waals surface area contributed by atoms with Gasteiger partial charge in [0.2, 0.25) is 0 Å². The summed E-state index contributed by atoms with van der Waals surface area (Å²) in [5, 5.41) is 0.896. The predicted octanol–water partition coefficient (Wildman–Crippen LogP) is 1.45. The molecule has 1 saturated heterocycles. The Morgan fingerprint density at radius 2 is 1.80 bits per heavy atom. The summed E-state index contributed by atoms with van der Waals surface area (Å²) in [6.45, 7) is 5.43. The standard InChI is InChI=1S/C4H8O.C3H5Br.Mg.2H/c1-2-4-5-3-1;1-2-3-4;;;/h1-4H2;2H,1,3H2;;;. The topological polar surface area (TPSA) is 9.23 Å². The minimum Gasteiger partial charge on any atom is -0.381 e. The van der Waals surface area contributed by atoms with Crippen molar-refractivity contribution in [2.75, 3.05) is 18.5 Å². The lowest BCUT2D eigenvalue weighted by atomic mass is 10.4. The molecule has 0 bridgehead atoms. The molecule has 0 aromatic carbocycles. The van der Waals surface area contributed by atoms with Crippen molar-refractivity contribution in [3.8, 4) is 0 Å². The first-order chi connectivity index (χ1) is 4.41. The molecule has 1 heterocycles. The molecular formula is C7H15BrMgO. The molecule has 0 N–H and O–H groups in total. The lowest BCUT2D eigenvalue weighted by Gasteiger charge is -1.76. The molecule has 0 amide bonds. The zero-order valence-electron chi connectivity index (χ0n) is 5.61. The van der Waals surface area contributed by atoms with Crippen molar-refractivity contribution in [1.82, 2.24) is 0 Å². The van der Waals surface area contributed by atoms with Crippen LogP contribution in [0.25, 0.3) is 0 Å². The summed E-state index contributed by atoms with van der Waals surface area (Å²) in [6, 6.07) is 0. The maximum atomic E-state index is 4.94. The number of alkyl halides is 1. The average Bonchev–Trinajstić information content (AvgIpc) is 2.43. The fourth-order valence-electron chi connectivity index (χ4n) is 0.510. The molecule has 58 valence electrons. The van der Waals surface area contributed by atoms with E-state index in [0.29, 0.717) is 0 Å². The highest BCUT2D eigenvalue weighted by Crippen LogP contribution is 1.98. The van der Waals surface area contributed by atoms with Crippen LogP contribution < -0.4 is 0 Å². The lowest BCUT2D eigenvalue weighted by molar-refractivity contribution is 0.198. The summed E-state index contributed by atoms with van der Waals surface area (Å²) >= 11 is 3.13. The predicted molar refractivity (Wildman–Crippen MR) is 52.6 cm³/mol. The van der Waals surface area contributed by atoms with E-state index in [0.717, 1.165) is 18.5 Å². The van der Waals surface area contributed by atoms with Gasteiger partial charge >= 0.3 is 23.1 Å². The van der Waals surface area contributed by atoms with E-state index in [4.69, 9.17) is 4.74 Å². The molecule has 0 atom stereocenters. The van der Waals surface area contributed by atoms with Crippen LogP contribution in [-0.2, 0) is 4.74 Å². The summed E-state index contributed by atoms with van der Waals surface area (Å²) in [4.78, 5) is 0. The molecule has 0 unspecified atom stereocenters. The number of hydrogen-bond donors (Lipinski definition) is 0. The van der Waals surface area contributed by atoms with E-state index >= 15 is 0 Å². The molecule has 3 heteroatoms. The van der Waals surface area contributed by atoms with E-state index in [1.165, 1.54) is 12.8 Å². The van der Waals surface area contributed by atoms with Gasteiger partial charge in [-0.15, -0.1) is 6.58 Å². The van der Waals surface area contributed by atoms with Crippen LogP contribution in [-0.4, -0.2) is 41.6 Å². The molecule has 1 aliphatic heterocycles. The summed E-state index contributed by atoms with van der Waals surface area (Å²) < 4.78 is 4.94. The highest BCUT2D eigenvalue weighted by molar-refractivity contribution is 9.09. The number of halogens is 1. The monoisotopic (exact) mass is 218 g/mol. The van der Waals surface area contributed by atoms with E-state index in [-0.39, 0.29) is 23.1 Å². The number of hydrogen-bond acceptors (Lipinski definition) is 1. The maximum Gasteiger partial charge on any atom is 0.316 e. The summed E-state index contributed by atoms with van der Waals surface area (Å²) in [6.07, 6.45) is 4.35. The van der Waals surface area contributed by atoms with Crippen LogP contribution in [0.5, 0.6) is 0 Å². The Labute approximate surface area is 87.5 Å². The van der Waals surface area contributed by atoms with E-state index in [9.17, 15) is 0 Å². The number of allylic oxidation sites excluding steroid dienone is 1. The zero-order chi connectivity index (χ0) is 6.95. The zero-order valence-corrected chi connectivity index (χ0v) is 7.19. The van der Waals surface area contributed by atoms with Crippen LogP contribution in [0.1, 0.15) is 12.8 Å². The quantitative estimate of drug-likeness (QED) is 0.368. The molecule has 0 saturated carbocycles. The van der Waals surface area contributed by atoms with E-state index in [2.05, 4.69) is 22.5 Å². The van der Waals surface area contributed by atoms with Crippen LogP contribution >= 0.6 is 15.9 Å². The van der Waals surface area contributed by atoms with Crippen molar-refractivity contribution in [2.45, 2.75) is 12.8 Å². The average molecular weight is 219 g/mol. The molecule has 1 rings (SSSR count).